The molecule has 0 bridgehead atoms. The lowest BCUT2D eigenvalue weighted by molar-refractivity contribution is -0.140. The van der Waals surface area contributed by atoms with Gasteiger partial charge in [-0.1, -0.05) is 19.3 Å². The summed E-state index contributed by atoms with van der Waals surface area (Å²) < 4.78 is 4.86. The summed E-state index contributed by atoms with van der Waals surface area (Å²) in [6.07, 6.45) is 8.22. The van der Waals surface area contributed by atoms with E-state index >= 15 is 0 Å². The van der Waals surface area contributed by atoms with Crippen molar-refractivity contribution in [3.05, 3.63) is 18.4 Å². The Balaban J connectivity index is 2.15. The largest absolute Gasteiger partial charge is 0.481 e. The van der Waals surface area contributed by atoms with Gasteiger partial charge in [0.05, 0.1) is 5.69 Å². The summed E-state index contributed by atoms with van der Waals surface area (Å²) in [5, 5.41) is 9.22. The fourth-order valence-electron chi connectivity index (χ4n) is 2.41. The van der Waals surface area contributed by atoms with E-state index < -0.39 is 11.9 Å². The number of hydrogen-bond donors (Lipinski definition) is 1. The topological polar surface area (TPSA) is 63.3 Å². The van der Waals surface area contributed by atoms with E-state index in [9.17, 15) is 9.90 Å². The molecule has 0 radical (unpaired) electrons. The van der Waals surface area contributed by atoms with Crippen LogP contribution in [0.2, 0.25) is 0 Å². The van der Waals surface area contributed by atoms with Crippen molar-refractivity contribution in [3.63, 3.8) is 0 Å². The summed E-state index contributed by atoms with van der Waals surface area (Å²) in [6, 6.07) is 0. The van der Waals surface area contributed by atoms with Gasteiger partial charge in [0.2, 0.25) is 0 Å². The van der Waals surface area contributed by atoms with Gasteiger partial charge in [0.15, 0.2) is 6.39 Å². The molecule has 1 atom stereocenters. The zero-order valence-corrected chi connectivity index (χ0v) is 8.56. The lowest BCUT2D eigenvalue weighted by atomic mass is 9.79. The third-order valence-electron chi connectivity index (χ3n) is 3.16. The first-order valence-corrected chi connectivity index (χ1v) is 5.40. The molecule has 1 unspecified atom stereocenters. The second-order valence-electron chi connectivity index (χ2n) is 4.13. The van der Waals surface area contributed by atoms with Crippen LogP contribution in [0.5, 0.6) is 0 Å². The van der Waals surface area contributed by atoms with E-state index in [1.54, 1.807) is 0 Å². The van der Waals surface area contributed by atoms with Crippen molar-refractivity contribution in [1.29, 1.82) is 0 Å². The fraction of sp³-hybridized carbons (Fsp3) is 0.636. The highest BCUT2D eigenvalue weighted by atomic mass is 16.4. The Hall–Kier alpha value is -1.32. The highest BCUT2D eigenvalue weighted by Gasteiger charge is 2.32. The molecule has 1 N–H and O–H groups in total. The summed E-state index contributed by atoms with van der Waals surface area (Å²) in [4.78, 5) is 15.2. The molecule has 0 saturated heterocycles. The Morgan fingerprint density at radius 3 is 2.73 bits per heavy atom. The molecule has 1 aromatic heterocycles. The molecule has 1 aliphatic rings. The second kappa shape index (κ2) is 4.47. The van der Waals surface area contributed by atoms with Gasteiger partial charge in [0.1, 0.15) is 12.2 Å². The summed E-state index contributed by atoms with van der Waals surface area (Å²) >= 11 is 0. The number of aromatic nitrogens is 1. The predicted octanol–water partition coefficient (Wildman–Crippen LogP) is 2.42. The minimum Gasteiger partial charge on any atom is -0.481 e. The van der Waals surface area contributed by atoms with Gasteiger partial charge in [-0.15, -0.1) is 0 Å². The molecule has 4 heteroatoms. The average molecular weight is 209 g/mol. The van der Waals surface area contributed by atoms with Crippen molar-refractivity contribution in [2.24, 2.45) is 5.92 Å². The van der Waals surface area contributed by atoms with Crippen LogP contribution in [0.4, 0.5) is 0 Å². The zero-order chi connectivity index (χ0) is 10.7. The Morgan fingerprint density at radius 2 is 2.20 bits per heavy atom. The van der Waals surface area contributed by atoms with E-state index in [-0.39, 0.29) is 5.92 Å². The fourth-order valence-corrected chi connectivity index (χ4v) is 2.41. The van der Waals surface area contributed by atoms with Crippen LogP contribution in [0.15, 0.2) is 17.1 Å². The maximum absolute atomic E-state index is 11.2. The summed E-state index contributed by atoms with van der Waals surface area (Å²) in [5.41, 5.74) is 0.564. The van der Waals surface area contributed by atoms with Gasteiger partial charge in [-0.05, 0) is 18.8 Å². The molecule has 15 heavy (non-hydrogen) atoms. The third kappa shape index (κ3) is 2.19. The molecule has 2 rings (SSSR count). The van der Waals surface area contributed by atoms with Gasteiger partial charge in [-0.2, -0.15) is 0 Å². The molecule has 0 spiro atoms. The molecule has 0 amide bonds. The van der Waals surface area contributed by atoms with Gasteiger partial charge in [-0.3, -0.25) is 4.79 Å². The van der Waals surface area contributed by atoms with E-state index in [1.165, 1.54) is 19.1 Å². The van der Waals surface area contributed by atoms with Crippen molar-refractivity contribution >= 4 is 5.97 Å². The molecule has 1 saturated carbocycles. The van der Waals surface area contributed by atoms with Crippen LogP contribution in [-0.2, 0) is 4.79 Å². The van der Waals surface area contributed by atoms with Crippen LogP contribution < -0.4 is 0 Å². The predicted molar refractivity (Wildman–Crippen MR) is 53.5 cm³/mol. The van der Waals surface area contributed by atoms with Crippen LogP contribution in [0.25, 0.3) is 0 Å². The van der Waals surface area contributed by atoms with Crippen LogP contribution in [0, 0.1) is 5.92 Å². The standard InChI is InChI=1S/C11H15NO3/c13-11(14)10(9-6-15-7-12-9)8-4-2-1-3-5-8/h6-8,10H,1-5H2,(H,13,14). The van der Waals surface area contributed by atoms with Gasteiger partial charge in [0, 0.05) is 0 Å². The van der Waals surface area contributed by atoms with E-state index in [4.69, 9.17) is 4.42 Å². The lowest BCUT2D eigenvalue weighted by Crippen LogP contribution is -2.23. The van der Waals surface area contributed by atoms with Crippen LogP contribution >= 0.6 is 0 Å². The summed E-state index contributed by atoms with van der Waals surface area (Å²) in [7, 11) is 0. The van der Waals surface area contributed by atoms with E-state index in [0.29, 0.717) is 5.69 Å². The number of nitrogens with zero attached hydrogens (tertiary/aromatic N) is 1. The van der Waals surface area contributed by atoms with Gasteiger partial charge >= 0.3 is 5.97 Å². The zero-order valence-electron chi connectivity index (χ0n) is 8.56. The Morgan fingerprint density at radius 1 is 1.47 bits per heavy atom. The van der Waals surface area contributed by atoms with Crippen molar-refractivity contribution in [1.82, 2.24) is 4.98 Å². The molecule has 82 valence electrons. The highest BCUT2D eigenvalue weighted by Crippen LogP contribution is 2.35. The van der Waals surface area contributed by atoms with E-state index in [1.807, 2.05) is 0 Å². The van der Waals surface area contributed by atoms with Crippen LogP contribution in [-0.4, -0.2) is 16.1 Å². The minimum absolute atomic E-state index is 0.223. The average Bonchev–Trinajstić information content (AvgIpc) is 2.72. The molecule has 1 heterocycles. The van der Waals surface area contributed by atoms with Gasteiger partial charge in [-0.25, -0.2) is 4.98 Å². The van der Waals surface area contributed by atoms with E-state index in [0.717, 1.165) is 25.7 Å². The Labute approximate surface area is 88.3 Å². The Kier molecular flexibility index (Phi) is 3.04. The minimum atomic E-state index is -0.782. The van der Waals surface area contributed by atoms with Gasteiger partial charge < -0.3 is 9.52 Å². The quantitative estimate of drug-likeness (QED) is 0.830. The number of carbonyl (C=O) groups is 1. The van der Waals surface area contributed by atoms with Crippen molar-refractivity contribution < 1.29 is 14.3 Å². The Bertz CT molecular complexity index is 315. The molecule has 1 aromatic rings. The monoisotopic (exact) mass is 209 g/mol. The molecular weight excluding hydrogens is 194 g/mol. The third-order valence-corrected chi connectivity index (χ3v) is 3.16. The maximum Gasteiger partial charge on any atom is 0.312 e. The van der Waals surface area contributed by atoms with Crippen molar-refractivity contribution in [3.8, 4) is 0 Å². The lowest BCUT2D eigenvalue weighted by Gasteiger charge is -2.25. The maximum atomic E-state index is 11.2. The number of rotatable bonds is 3. The second-order valence-corrected chi connectivity index (χ2v) is 4.13. The molecule has 1 aliphatic carbocycles. The van der Waals surface area contributed by atoms with Crippen molar-refractivity contribution in [2.45, 2.75) is 38.0 Å². The number of aliphatic carboxylic acids is 1. The highest BCUT2D eigenvalue weighted by molar-refractivity contribution is 5.75. The number of hydrogen-bond acceptors (Lipinski definition) is 3. The summed E-state index contributed by atoms with van der Waals surface area (Å²) in [5.74, 6) is -1.04. The molecule has 0 aliphatic heterocycles. The first kappa shape index (κ1) is 10.2. The SMILES string of the molecule is O=C(O)C(c1cocn1)C1CCCCC1. The smallest absolute Gasteiger partial charge is 0.312 e. The van der Waals surface area contributed by atoms with Crippen LogP contribution in [0.1, 0.15) is 43.7 Å². The molecule has 1 fully saturated rings. The first-order chi connectivity index (χ1) is 7.29. The number of oxazole rings is 1. The summed E-state index contributed by atoms with van der Waals surface area (Å²) in [6.45, 7) is 0. The number of carboxylic acid groups (broad SMARTS) is 1. The van der Waals surface area contributed by atoms with Gasteiger partial charge in [0.25, 0.3) is 0 Å². The first-order valence-electron chi connectivity index (χ1n) is 5.40. The van der Waals surface area contributed by atoms with E-state index in [2.05, 4.69) is 4.98 Å². The van der Waals surface area contributed by atoms with Crippen LogP contribution in [0.3, 0.4) is 0 Å². The number of carboxylic acids is 1. The molecular formula is C11H15NO3. The van der Waals surface area contributed by atoms with Crippen molar-refractivity contribution in [2.75, 3.05) is 0 Å². The normalized spacial score (nSPS) is 20.0. The molecule has 0 aromatic carbocycles. The molecule has 4 nitrogen and oxygen atoms in total.